The molecule has 194 valence electrons. The number of methoxy groups -OCH3 is 1. The molecule has 10 heteroatoms. The monoisotopic (exact) mass is 507 g/mol. The number of carbonyl (C=O) groups excluding carboxylic acids is 1. The standard InChI is InChI=1S/C26H29F4N3O3/c1-17(27)36-20-5-3-18(4-6-20)33(21-13-31-10-7-22(21)35-2)19-8-11-32(12-9-19)23(34)24-14-25(15-24,16-24)26(28,29)30/h3-7,10,13,17,19H,8-9,11-12,14-16H2,1-2H3/t17-,24?,25?/m0/s1. The third-order valence-corrected chi connectivity index (χ3v) is 7.86. The number of hydrogen-bond donors (Lipinski definition) is 0. The Kier molecular flexibility index (Phi) is 6.03. The van der Waals surface area contributed by atoms with Crippen LogP contribution in [0.4, 0.5) is 28.9 Å². The summed E-state index contributed by atoms with van der Waals surface area (Å²) in [4.78, 5) is 21.2. The summed E-state index contributed by atoms with van der Waals surface area (Å²) >= 11 is 0. The number of likely N-dealkylation sites (tertiary alicyclic amines) is 1. The maximum absolute atomic E-state index is 13.3. The van der Waals surface area contributed by atoms with Crippen LogP contribution in [0.3, 0.4) is 0 Å². The number of ether oxygens (including phenoxy) is 2. The summed E-state index contributed by atoms with van der Waals surface area (Å²) < 4.78 is 63.7. The van der Waals surface area contributed by atoms with Crippen LogP contribution in [-0.2, 0) is 4.79 Å². The summed E-state index contributed by atoms with van der Waals surface area (Å²) in [6, 6.07) is 8.81. The lowest BCUT2D eigenvalue weighted by molar-refractivity contribution is -0.353. The van der Waals surface area contributed by atoms with Crippen molar-refractivity contribution in [3.63, 3.8) is 0 Å². The molecular weight excluding hydrogens is 478 g/mol. The molecular formula is C26H29F4N3O3. The van der Waals surface area contributed by atoms with E-state index in [-0.39, 0.29) is 31.2 Å². The molecule has 0 spiro atoms. The molecule has 1 aromatic heterocycles. The second kappa shape index (κ2) is 8.81. The summed E-state index contributed by atoms with van der Waals surface area (Å²) in [6.45, 7) is 2.24. The largest absolute Gasteiger partial charge is 0.494 e. The highest BCUT2D eigenvalue weighted by atomic mass is 19.4. The van der Waals surface area contributed by atoms with Crippen molar-refractivity contribution in [2.45, 2.75) is 57.6 Å². The lowest BCUT2D eigenvalue weighted by Gasteiger charge is -2.69. The molecule has 1 aliphatic heterocycles. The number of pyridine rings is 1. The number of aromatic nitrogens is 1. The van der Waals surface area contributed by atoms with E-state index in [0.29, 0.717) is 37.4 Å². The number of carbonyl (C=O) groups is 1. The van der Waals surface area contributed by atoms with Gasteiger partial charge in [0.1, 0.15) is 17.2 Å². The molecule has 1 saturated heterocycles. The van der Waals surface area contributed by atoms with E-state index in [1.165, 1.54) is 6.92 Å². The molecule has 3 saturated carbocycles. The van der Waals surface area contributed by atoms with Gasteiger partial charge in [0.2, 0.25) is 12.3 Å². The topological polar surface area (TPSA) is 54.9 Å². The van der Waals surface area contributed by atoms with Crippen LogP contribution in [0.5, 0.6) is 11.5 Å². The highest BCUT2D eigenvalue weighted by Crippen LogP contribution is 2.78. The van der Waals surface area contributed by atoms with Crippen LogP contribution in [-0.4, -0.2) is 54.6 Å². The molecule has 1 atom stereocenters. The molecule has 1 aromatic carbocycles. The minimum Gasteiger partial charge on any atom is -0.494 e. The fourth-order valence-electron chi connectivity index (χ4n) is 6.12. The van der Waals surface area contributed by atoms with Gasteiger partial charge in [-0.15, -0.1) is 0 Å². The third-order valence-electron chi connectivity index (χ3n) is 7.86. The van der Waals surface area contributed by atoms with Crippen molar-refractivity contribution < 1.29 is 31.8 Å². The first-order valence-electron chi connectivity index (χ1n) is 12.1. The number of amides is 1. The molecule has 1 amide bonds. The van der Waals surface area contributed by atoms with E-state index in [2.05, 4.69) is 9.88 Å². The Labute approximate surface area is 207 Å². The quantitative estimate of drug-likeness (QED) is 0.454. The van der Waals surface area contributed by atoms with E-state index in [9.17, 15) is 22.4 Å². The first-order valence-corrected chi connectivity index (χ1v) is 12.1. The van der Waals surface area contributed by atoms with Gasteiger partial charge in [-0.05, 0) is 56.4 Å². The molecule has 3 aliphatic carbocycles. The highest BCUT2D eigenvalue weighted by Gasteiger charge is 2.81. The van der Waals surface area contributed by atoms with Gasteiger partial charge in [-0.1, -0.05) is 0 Å². The lowest BCUT2D eigenvalue weighted by atomic mass is 9.34. The van der Waals surface area contributed by atoms with Gasteiger partial charge in [0, 0.05) is 44.0 Å². The average molecular weight is 508 g/mol. The zero-order valence-electron chi connectivity index (χ0n) is 20.2. The number of rotatable bonds is 7. The van der Waals surface area contributed by atoms with Gasteiger partial charge in [0.25, 0.3) is 0 Å². The molecule has 6 rings (SSSR count). The second-order valence-corrected chi connectivity index (χ2v) is 10.2. The molecule has 36 heavy (non-hydrogen) atoms. The summed E-state index contributed by atoms with van der Waals surface area (Å²) in [5.41, 5.74) is -0.872. The van der Waals surface area contributed by atoms with Crippen LogP contribution in [0.2, 0.25) is 0 Å². The number of anilines is 2. The van der Waals surface area contributed by atoms with Gasteiger partial charge in [-0.25, -0.2) is 4.39 Å². The van der Waals surface area contributed by atoms with Gasteiger partial charge in [-0.2, -0.15) is 13.2 Å². The van der Waals surface area contributed by atoms with Crippen LogP contribution >= 0.6 is 0 Å². The van der Waals surface area contributed by atoms with Crippen LogP contribution in [0, 0.1) is 10.8 Å². The van der Waals surface area contributed by atoms with Crippen molar-refractivity contribution in [3.05, 3.63) is 42.7 Å². The third kappa shape index (κ3) is 4.04. The smallest absolute Gasteiger partial charge is 0.394 e. The first kappa shape index (κ1) is 24.6. The van der Waals surface area contributed by atoms with Crippen LogP contribution in [0.1, 0.15) is 39.0 Å². The van der Waals surface area contributed by atoms with Crippen molar-refractivity contribution in [2.24, 2.45) is 10.8 Å². The Bertz CT molecular complexity index is 1090. The minimum absolute atomic E-state index is 0.00596. The number of piperidine rings is 1. The molecule has 2 heterocycles. The fraction of sp³-hybridized carbons (Fsp3) is 0.538. The predicted octanol–water partition coefficient (Wildman–Crippen LogP) is 5.65. The summed E-state index contributed by atoms with van der Waals surface area (Å²) in [5, 5.41) is 0. The van der Waals surface area contributed by atoms with E-state index >= 15 is 0 Å². The van der Waals surface area contributed by atoms with E-state index in [4.69, 9.17) is 9.47 Å². The molecule has 0 unspecified atom stereocenters. The molecule has 2 bridgehead atoms. The Morgan fingerprint density at radius 3 is 2.33 bits per heavy atom. The number of hydrogen-bond acceptors (Lipinski definition) is 5. The van der Waals surface area contributed by atoms with E-state index in [0.717, 1.165) is 11.4 Å². The van der Waals surface area contributed by atoms with Gasteiger partial charge >= 0.3 is 6.18 Å². The molecule has 4 fully saturated rings. The van der Waals surface area contributed by atoms with E-state index in [1.54, 1.807) is 42.6 Å². The number of halogens is 4. The molecule has 0 radical (unpaired) electrons. The summed E-state index contributed by atoms with van der Waals surface area (Å²) in [5.74, 6) is 0.898. The number of alkyl halides is 4. The van der Waals surface area contributed by atoms with Crippen molar-refractivity contribution in [1.82, 2.24) is 9.88 Å². The van der Waals surface area contributed by atoms with Gasteiger partial charge in [0.05, 0.1) is 24.1 Å². The van der Waals surface area contributed by atoms with Gasteiger partial charge in [0.15, 0.2) is 0 Å². The lowest BCUT2D eigenvalue weighted by Crippen LogP contribution is -2.73. The normalized spacial score (nSPS) is 26.4. The fourth-order valence-corrected chi connectivity index (χ4v) is 6.12. The maximum atomic E-state index is 13.3. The summed E-state index contributed by atoms with van der Waals surface area (Å²) in [7, 11) is 1.58. The SMILES string of the molecule is COc1ccncc1N(c1ccc(O[C@@H](C)F)cc1)C1CCN(C(=O)C23CC(C(F)(F)F)(C2)C3)CC1. The average Bonchev–Trinajstić information content (AvgIpc) is 2.78. The van der Waals surface area contributed by atoms with Gasteiger partial charge in [-0.3, -0.25) is 9.78 Å². The molecule has 6 nitrogen and oxygen atoms in total. The Morgan fingerprint density at radius 1 is 1.14 bits per heavy atom. The van der Waals surface area contributed by atoms with Crippen LogP contribution < -0.4 is 14.4 Å². The minimum atomic E-state index is -4.23. The second-order valence-electron chi connectivity index (χ2n) is 10.2. The number of nitrogens with zero attached hydrogens (tertiary/aromatic N) is 3. The van der Waals surface area contributed by atoms with Crippen molar-refractivity contribution in [1.29, 1.82) is 0 Å². The van der Waals surface area contributed by atoms with Crippen molar-refractivity contribution in [3.8, 4) is 11.5 Å². The Morgan fingerprint density at radius 2 is 1.78 bits per heavy atom. The Hall–Kier alpha value is -3.04. The van der Waals surface area contributed by atoms with E-state index in [1.807, 2.05) is 12.1 Å². The first-order chi connectivity index (χ1) is 17.1. The Balaban J connectivity index is 1.32. The number of benzene rings is 1. The van der Waals surface area contributed by atoms with E-state index < -0.39 is 23.4 Å². The maximum Gasteiger partial charge on any atom is 0.394 e. The molecule has 4 aliphatic rings. The molecule has 2 aromatic rings. The predicted molar refractivity (Wildman–Crippen MR) is 125 cm³/mol. The van der Waals surface area contributed by atoms with Crippen molar-refractivity contribution >= 4 is 17.3 Å². The zero-order valence-corrected chi connectivity index (χ0v) is 20.2. The van der Waals surface area contributed by atoms with Crippen molar-refractivity contribution in [2.75, 3.05) is 25.1 Å². The highest BCUT2D eigenvalue weighted by molar-refractivity contribution is 5.87. The van der Waals surface area contributed by atoms with Crippen LogP contribution in [0.25, 0.3) is 0 Å². The van der Waals surface area contributed by atoms with Gasteiger partial charge < -0.3 is 19.3 Å². The zero-order chi connectivity index (χ0) is 25.7. The summed E-state index contributed by atoms with van der Waals surface area (Å²) in [6.07, 6.45) is -1.28. The molecule has 0 N–H and O–H groups in total. The van der Waals surface area contributed by atoms with Crippen LogP contribution in [0.15, 0.2) is 42.7 Å².